The summed E-state index contributed by atoms with van der Waals surface area (Å²) in [7, 11) is -6.66. The van der Waals surface area contributed by atoms with E-state index in [1.807, 2.05) is 0 Å². The summed E-state index contributed by atoms with van der Waals surface area (Å²) in [6.45, 7) is 0. The highest BCUT2D eigenvalue weighted by Gasteiger charge is 2.47. The molecular weight excluding hydrogens is 340 g/mol. The monoisotopic (exact) mass is 361 g/mol. The molecule has 1 saturated carbocycles. The lowest BCUT2D eigenvalue weighted by Crippen LogP contribution is -2.20. The molecule has 0 radical (unpaired) electrons. The average Bonchev–Trinajstić information content (AvgIpc) is 3.06. The molecule has 7 nitrogen and oxygen atoms in total. The van der Waals surface area contributed by atoms with Gasteiger partial charge in [-0.05, 0) is 30.4 Å². The summed E-state index contributed by atoms with van der Waals surface area (Å²) in [6.07, 6.45) is 2.93. The van der Waals surface area contributed by atoms with Crippen molar-refractivity contribution in [3.05, 3.63) is 36.5 Å². The van der Waals surface area contributed by atoms with Gasteiger partial charge >= 0.3 is 15.2 Å². The maximum absolute atomic E-state index is 10.8. The van der Waals surface area contributed by atoms with E-state index < -0.39 is 26.5 Å². The first-order chi connectivity index (χ1) is 10.6. The molecule has 0 aliphatic heterocycles. The normalized spacial score (nSPS) is 22.0. The van der Waals surface area contributed by atoms with Crippen LogP contribution in [0.15, 0.2) is 36.5 Å². The largest absolute Gasteiger partial charge is 0.351 e. The molecule has 3 rings (SSSR count). The van der Waals surface area contributed by atoms with Crippen molar-refractivity contribution in [2.45, 2.75) is 30.6 Å². The second-order valence-corrected chi connectivity index (χ2v) is 9.41. The van der Waals surface area contributed by atoms with Crippen LogP contribution in [-0.2, 0) is 16.2 Å². The van der Waals surface area contributed by atoms with Crippen molar-refractivity contribution in [3.8, 4) is 0 Å². The number of benzene rings is 1. The van der Waals surface area contributed by atoms with Crippen LogP contribution in [0.25, 0.3) is 10.9 Å². The van der Waals surface area contributed by atoms with Crippen LogP contribution in [0.3, 0.4) is 0 Å². The van der Waals surface area contributed by atoms with E-state index in [1.165, 1.54) is 10.9 Å². The molecule has 1 aromatic carbocycles. The summed E-state index contributed by atoms with van der Waals surface area (Å²) < 4.78 is 23.8. The SMILES string of the molecule is Cn1ccc2ccccc21.O=P(O)(O)C1CCCC1P(=O)(O)O. The Morgan fingerprint density at radius 2 is 1.48 bits per heavy atom. The molecule has 1 aliphatic rings. The molecule has 23 heavy (non-hydrogen) atoms. The second kappa shape index (κ2) is 6.89. The summed E-state index contributed by atoms with van der Waals surface area (Å²) in [5, 5.41) is 1.31. The number of aryl methyl sites for hydroxylation is 1. The Bertz CT molecular complexity index is 733. The molecule has 4 N–H and O–H groups in total. The van der Waals surface area contributed by atoms with Gasteiger partial charge in [0.1, 0.15) is 0 Å². The van der Waals surface area contributed by atoms with Crippen LogP contribution in [0.1, 0.15) is 19.3 Å². The summed E-state index contributed by atoms with van der Waals surface area (Å²) in [5.74, 6) is 0. The molecule has 2 unspecified atom stereocenters. The minimum Gasteiger partial charge on any atom is -0.351 e. The van der Waals surface area contributed by atoms with Gasteiger partial charge in [0.2, 0.25) is 0 Å². The van der Waals surface area contributed by atoms with Crippen molar-refractivity contribution >= 4 is 26.1 Å². The Hall–Kier alpha value is -0.940. The molecule has 0 saturated heterocycles. The number of rotatable bonds is 2. The smallest absolute Gasteiger partial charge is 0.329 e. The van der Waals surface area contributed by atoms with E-state index >= 15 is 0 Å². The predicted octanol–water partition coefficient (Wildman–Crippen LogP) is 2.44. The predicted molar refractivity (Wildman–Crippen MR) is 88.4 cm³/mol. The molecule has 1 heterocycles. The molecular formula is C14H21NO6P2. The van der Waals surface area contributed by atoms with Crippen molar-refractivity contribution in [1.29, 1.82) is 0 Å². The van der Waals surface area contributed by atoms with Gasteiger partial charge in [0.05, 0.1) is 11.3 Å². The van der Waals surface area contributed by atoms with E-state index in [0.717, 1.165) is 0 Å². The lowest BCUT2D eigenvalue weighted by Gasteiger charge is -2.21. The Morgan fingerprint density at radius 3 is 1.96 bits per heavy atom. The lowest BCUT2D eigenvalue weighted by atomic mass is 10.2. The Labute approximate surface area is 134 Å². The standard InChI is InChI=1S/C9H9N.C5H12O6P2/c1-10-7-6-8-4-2-3-5-9(8)10;6-12(7,8)4-2-1-3-5(4)13(9,10)11/h2-7H,1H3;4-5H,1-3H2,(H2,6,7,8)(H2,9,10,11). The van der Waals surface area contributed by atoms with Crippen molar-refractivity contribution in [2.24, 2.45) is 7.05 Å². The van der Waals surface area contributed by atoms with E-state index in [2.05, 4.69) is 48.1 Å². The first kappa shape index (κ1) is 18.4. The maximum Gasteiger partial charge on any atom is 0.329 e. The van der Waals surface area contributed by atoms with Crippen molar-refractivity contribution in [2.75, 3.05) is 0 Å². The second-order valence-electron chi connectivity index (χ2n) is 5.73. The van der Waals surface area contributed by atoms with E-state index in [4.69, 9.17) is 19.6 Å². The quantitative estimate of drug-likeness (QED) is 0.610. The minimum absolute atomic E-state index is 0.194. The van der Waals surface area contributed by atoms with Gasteiger partial charge in [-0.1, -0.05) is 24.6 Å². The van der Waals surface area contributed by atoms with Crippen LogP contribution in [0.2, 0.25) is 0 Å². The number of fused-ring (bicyclic) bond motifs is 1. The number of hydrogen-bond donors (Lipinski definition) is 4. The molecule has 2 atom stereocenters. The van der Waals surface area contributed by atoms with Crippen LogP contribution in [0, 0.1) is 0 Å². The number of para-hydroxylation sites is 1. The van der Waals surface area contributed by atoms with E-state index in [9.17, 15) is 9.13 Å². The molecule has 2 aromatic rings. The Morgan fingerprint density at radius 1 is 0.957 bits per heavy atom. The van der Waals surface area contributed by atoms with Crippen molar-refractivity contribution in [1.82, 2.24) is 4.57 Å². The third-order valence-corrected chi connectivity index (χ3v) is 7.30. The van der Waals surface area contributed by atoms with Gasteiger partial charge in [-0.15, -0.1) is 0 Å². The molecule has 9 heteroatoms. The molecule has 1 aromatic heterocycles. The number of aromatic nitrogens is 1. The van der Waals surface area contributed by atoms with Gasteiger partial charge < -0.3 is 24.1 Å². The van der Waals surface area contributed by atoms with Crippen LogP contribution in [0.5, 0.6) is 0 Å². The van der Waals surface area contributed by atoms with Gasteiger partial charge in [-0.25, -0.2) is 0 Å². The summed E-state index contributed by atoms with van der Waals surface area (Å²) in [5.41, 5.74) is -1.02. The minimum atomic E-state index is -4.36. The fourth-order valence-corrected chi connectivity index (χ4v) is 6.20. The fraction of sp³-hybridized carbons (Fsp3) is 0.429. The van der Waals surface area contributed by atoms with Crippen LogP contribution in [-0.4, -0.2) is 35.5 Å². The topological polar surface area (TPSA) is 120 Å². The summed E-state index contributed by atoms with van der Waals surface area (Å²) >= 11 is 0. The third kappa shape index (κ3) is 4.54. The zero-order valence-electron chi connectivity index (χ0n) is 12.7. The molecule has 0 bridgehead atoms. The van der Waals surface area contributed by atoms with E-state index in [0.29, 0.717) is 6.42 Å². The first-order valence-electron chi connectivity index (χ1n) is 7.21. The molecule has 0 amide bonds. The highest BCUT2D eigenvalue weighted by Crippen LogP contribution is 2.60. The Kier molecular flexibility index (Phi) is 5.52. The summed E-state index contributed by atoms with van der Waals surface area (Å²) in [6, 6.07) is 10.5. The number of nitrogens with zero attached hydrogens (tertiary/aromatic N) is 1. The highest BCUT2D eigenvalue weighted by atomic mass is 31.2. The first-order valence-corrected chi connectivity index (χ1v) is 10.6. The lowest BCUT2D eigenvalue weighted by molar-refractivity contribution is 0.335. The van der Waals surface area contributed by atoms with E-state index in [-0.39, 0.29) is 12.8 Å². The van der Waals surface area contributed by atoms with E-state index in [1.54, 1.807) is 0 Å². The van der Waals surface area contributed by atoms with Crippen LogP contribution < -0.4 is 0 Å². The number of hydrogen-bond acceptors (Lipinski definition) is 2. The fourth-order valence-electron chi connectivity index (χ4n) is 2.93. The third-order valence-electron chi connectivity index (χ3n) is 4.10. The van der Waals surface area contributed by atoms with Gasteiger partial charge in [0, 0.05) is 18.8 Å². The van der Waals surface area contributed by atoms with Crippen LogP contribution in [0.4, 0.5) is 0 Å². The molecule has 1 fully saturated rings. The van der Waals surface area contributed by atoms with Gasteiger partial charge in [-0.3, -0.25) is 9.13 Å². The van der Waals surface area contributed by atoms with Gasteiger partial charge in [0.15, 0.2) is 0 Å². The van der Waals surface area contributed by atoms with Crippen molar-refractivity contribution < 1.29 is 28.7 Å². The summed E-state index contributed by atoms with van der Waals surface area (Å²) in [4.78, 5) is 35.3. The van der Waals surface area contributed by atoms with Gasteiger partial charge in [0.25, 0.3) is 0 Å². The zero-order chi connectivity index (χ0) is 17.3. The van der Waals surface area contributed by atoms with Crippen LogP contribution >= 0.6 is 15.2 Å². The van der Waals surface area contributed by atoms with Crippen molar-refractivity contribution in [3.63, 3.8) is 0 Å². The van der Waals surface area contributed by atoms with Gasteiger partial charge in [-0.2, -0.15) is 0 Å². The highest BCUT2D eigenvalue weighted by molar-refractivity contribution is 7.57. The zero-order valence-corrected chi connectivity index (χ0v) is 14.5. The maximum atomic E-state index is 10.8. The molecule has 128 valence electrons. The molecule has 1 aliphatic carbocycles. The Balaban J connectivity index is 0.000000172. The average molecular weight is 361 g/mol. The molecule has 0 spiro atoms.